The van der Waals surface area contributed by atoms with Gasteiger partial charge in [-0.1, -0.05) is 31.2 Å². The Hall–Kier alpha value is -1.65. The number of thiol groups is 1. The number of piperazine rings is 1. The first-order chi connectivity index (χ1) is 16.8. The second-order valence-electron chi connectivity index (χ2n) is 9.73. The first kappa shape index (κ1) is 31.6. The normalized spacial score (nSPS) is 23.6. The summed E-state index contributed by atoms with van der Waals surface area (Å²) in [7, 11) is 0. The van der Waals surface area contributed by atoms with Crippen LogP contribution >= 0.6 is 37.4 Å². The highest BCUT2D eigenvalue weighted by atomic mass is 35.5. The maximum absolute atomic E-state index is 14.7. The van der Waals surface area contributed by atoms with Crippen LogP contribution in [0.4, 0.5) is 4.39 Å². The van der Waals surface area contributed by atoms with Crippen molar-refractivity contribution in [2.75, 3.05) is 39.3 Å². The van der Waals surface area contributed by atoms with Crippen molar-refractivity contribution in [2.45, 2.75) is 49.9 Å². The number of hydrogen-bond donors (Lipinski definition) is 2. The van der Waals surface area contributed by atoms with E-state index in [0.717, 1.165) is 24.8 Å². The molecule has 0 bridgehead atoms. The Labute approximate surface area is 235 Å². The number of benzene rings is 1. The SMILES string of the molecule is CCC(C(=O)O)N1CCN(CC=C2CN(C(C(=O)C3CC3)c3ccccc3F)CCC2S)C(=O)C1.Cl.Cl. The van der Waals surface area contributed by atoms with Crippen LogP contribution in [0.3, 0.4) is 0 Å². The summed E-state index contributed by atoms with van der Waals surface area (Å²) in [6, 6.07) is 5.26. The highest BCUT2D eigenvalue weighted by Gasteiger charge is 2.41. The van der Waals surface area contributed by atoms with Crippen molar-refractivity contribution in [2.24, 2.45) is 5.92 Å². The van der Waals surface area contributed by atoms with E-state index in [1.165, 1.54) is 6.07 Å². The minimum atomic E-state index is -0.902. The third-order valence-corrected chi connectivity index (χ3v) is 7.94. The fourth-order valence-electron chi connectivity index (χ4n) is 5.13. The highest BCUT2D eigenvalue weighted by molar-refractivity contribution is 7.81. The van der Waals surface area contributed by atoms with Gasteiger partial charge in [-0.05, 0) is 37.3 Å². The maximum Gasteiger partial charge on any atom is 0.320 e. The van der Waals surface area contributed by atoms with Gasteiger partial charge < -0.3 is 10.0 Å². The van der Waals surface area contributed by atoms with Crippen LogP contribution in [0, 0.1) is 11.7 Å². The van der Waals surface area contributed by atoms with E-state index >= 15 is 0 Å². The second kappa shape index (κ2) is 13.9. The summed E-state index contributed by atoms with van der Waals surface area (Å²) in [4.78, 5) is 42.9. The van der Waals surface area contributed by atoms with Crippen molar-refractivity contribution in [1.29, 1.82) is 0 Å². The van der Waals surface area contributed by atoms with Gasteiger partial charge in [-0.3, -0.25) is 24.2 Å². The van der Waals surface area contributed by atoms with Crippen molar-refractivity contribution < 1.29 is 23.9 Å². The van der Waals surface area contributed by atoms with Crippen molar-refractivity contribution in [3.05, 3.63) is 47.3 Å². The molecule has 0 radical (unpaired) electrons. The van der Waals surface area contributed by atoms with E-state index < -0.39 is 18.1 Å². The first-order valence-electron chi connectivity index (χ1n) is 12.4. The third-order valence-electron chi connectivity index (χ3n) is 7.35. The molecule has 3 atom stereocenters. The second-order valence-corrected chi connectivity index (χ2v) is 10.4. The summed E-state index contributed by atoms with van der Waals surface area (Å²) < 4.78 is 14.7. The number of carboxylic acids is 1. The van der Waals surface area contributed by atoms with Crippen LogP contribution in [0.15, 0.2) is 35.9 Å². The number of amides is 1. The molecule has 0 spiro atoms. The molecule has 2 heterocycles. The summed E-state index contributed by atoms with van der Waals surface area (Å²) in [6.07, 6.45) is 4.92. The number of carbonyl (C=O) groups is 3. The van der Waals surface area contributed by atoms with Crippen LogP contribution in [0.5, 0.6) is 0 Å². The van der Waals surface area contributed by atoms with Crippen LogP contribution in [0.25, 0.3) is 0 Å². The first-order valence-corrected chi connectivity index (χ1v) is 13.0. The molecule has 0 aromatic heterocycles. The quantitative estimate of drug-likeness (QED) is 0.346. The van der Waals surface area contributed by atoms with Crippen molar-refractivity contribution in [3.8, 4) is 0 Å². The number of likely N-dealkylation sites (tertiary alicyclic amines) is 1. The fraction of sp³-hybridized carbons (Fsp3) is 0.577. The average Bonchev–Trinajstić information content (AvgIpc) is 3.67. The zero-order valence-electron chi connectivity index (χ0n) is 20.9. The van der Waals surface area contributed by atoms with E-state index in [0.29, 0.717) is 44.7 Å². The molecular weight excluding hydrogens is 540 g/mol. The van der Waals surface area contributed by atoms with Gasteiger partial charge in [-0.2, -0.15) is 12.6 Å². The number of Topliss-reactive ketones (excluding diaryl/α,β-unsaturated/α-hetero) is 1. The molecule has 1 aromatic carbocycles. The molecule has 2 aliphatic heterocycles. The van der Waals surface area contributed by atoms with Crippen molar-refractivity contribution in [3.63, 3.8) is 0 Å². The lowest BCUT2D eigenvalue weighted by Crippen LogP contribution is -2.55. The highest BCUT2D eigenvalue weighted by Crippen LogP contribution is 2.39. The van der Waals surface area contributed by atoms with E-state index in [-0.39, 0.29) is 60.0 Å². The lowest BCUT2D eigenvalue weighted by molar-refractivity contribution is -0.147. The Morgan fingerprint density at radius 1 is 1.11 bits per heavy atom. The molecule has 3 unspecified atom stereocenters. The molecule has 4 rings (SSSR count). The number of carbonyl (C=O) groups excluding carboxylic acids is 2. The van der Waals surface area contributed by atoms with E-state index in [1.54, 1.807) is 28.0 Å². The van der Waals surface area contributed by atoms with Crippen LogP contribution in [-0.4, -0.2) is 88.0 Å². The molecule has 3 aliphatic rings. The van der Waals surface area contributed by atoms with Crippen molar-refractivity contribution in [1.82, 2.24) is 14.7 Å². The molecule has 3 fully saturated rings. The topological polar surface area (TPSA) is 81.2 Å². The molecule has 206 valence electrons. The van der Waals surface area contributed by atoms with Gasteiger partial charge in [0.05, 0.1) is 12.6 Å². The lowest BCUT2D eigenvalue weighted by atomic mass is 9.93. The molecule has 1 saturated carbocycles. The van der Waals surface area contributed by atoms with E-state index in [4.69, 9.17) is 12.6 Å². The molecule has 1 amide bonds. The zero-order valence-corrected chi connectivity index (χ0v) is 23.4. The standard InChI is InChI=1S/C26H34FN3O4S.2ClH/c1-2-21(26(33)34)29-14-13-28(23(31)16-29)11-9-18-15-30(12-10-22(18)35)24(25(32)17-7-8-17)19-5-3-4-6-20(19)27;;/h3-6,9,17,21-22,24,35H,2,7-8,10-16H2,1H3,(H,33,34);2*1H. The monoisotopic (exact) mass is 575 g/mol. The van der Waals surface area contributed by atoms with Gasteiger partial charge in [-0.25, -0.2) is 4.39 Å². The summed E-state index contributed by atoms with van der Waals surface area (Å²) in [6.45, 7) is 4.44. The predicted molar refractivity (Wildman–Crippen MR) is 148 cm³/mol. The maximum atomic E-state index is 14.7. The Kier molecular flexibility index (Phi) is 11.9. The molecule has 7 nitrogen and oxygen atoms in total. The van der Waals surface area contributed by atoms with Crippen LogP contribution < -0.4 is 0 Å². The summed E-state index contributed by atoms with van der Waals surface area (Å²) in [5, 5.41) is 9.40. The van der Waals surface area contributed by atoms with Gasteiger partial charge in [-0.15, -0.1) is 24.8 Å². The number of aliphatic carboxylic acids is 1. The number of rotatable bonds is 9. The number of halogens is 3. The van der Waals surface area contributed by atoms with Gasteiger partial charge in [0.15, 0.2) is 5.78 Å². The Balaban J connectivity index is 0.00000241. The Bertz CT molecular complexity index is 1010. The summed E-state index contributed by atoms with van der Waals surface area (Å²) in [5.41, 5.74) is 1.45. The lowest BCUT2D eigenvalue weighted by Gasteiger charge is -2.39. The van der Waals surface area contributed by atoms with E-state index in [9.17, 15) is 23.9 Å². The molecule has 37 heavy (non-hydrogen) atoms. The molecule has 11 heteroatoms. The van der Waals surface area contributed by atoms with Gasteiger partial charge in [0, 0.05) is 49.5 Å². The van der Waals surface area contributed by atoms with Gasteiger partial charge in [0.25, 0.3) is 0 Å². The van der Waals surface area contributed by atoms with E-state index in [2.05, 4.69) is 4.90 Å². The van der Waals surface area contributed by atoms with Gasteiger partial charge in [0.2, 0.25) is 5.91 Å². The number of ketones is 1. The fourth-order valence-corrected chi connectivity index (χ4v) is 5.44. The number of nitrogens with zero attached hydrogens (tertiary/aromatic N) is 3. The minimum Gasteiger partial charge on any atom is -0.480 e. The smallest absolute Gasteiger partial charge is 0.320 e. The number of piperidine rings is 1. The van der Waals surface area contributed by atoms with Crippen LogP contribution in [-0.2, 0) is 14.4 Å². The predicted octanol–water partition coefficient (Wildman–Crippen LogP) is 3.63. The minimum absolute atomic E-state index is 0. The van der Waals surface area contributed by atoms with Crippen LogP contribution in [0.2, 0.25) is 0 Å². The molecule has 1 N–H and O–H groups in total. The van der Waals surface area contributed by atoms with Crippen LogP contribution in [0.1, 0.15) is 44.2 Å². The largest absolute Gasteiger partial charge is 0.480 e. The van der Waals surface area contributed by atoms with E-state index in [1.807, 2.05) is 13.0 Å². The van der Waals surface area contributed by atoms with Gasteiger partial charge >= 0.3 is 5.97 Å². The Morgan fingerprint density at radius 3 is 2.41 bits per heavy atom. The molecule has 2 saturated heterocycles. The van der Waals surface area contributed by atoms with Crippen molar-refractivity contribution >= 4 is 55.1 Å². The molecular formula is C26H36Cl2FN3O4S. The van der Waals surface area contributed by atoms with Gasteiger partial charge in [0.1, 0.15) is 11.9 Å². The third kappa shape index (κ3) is 7.47. The molecule has 1 aromatic rings. The number of carboxylic acid groups (broad SMARTS) is 1. The average molecular weight is 577 g/mol. The zero-order chi connectivity index (χ0) is 25.1. The molecule has 1 aliphatic carbocycles. The summed E-state index contributed by atoms with van der Waals surface area (Å²) >= 11 is 4.74. The summed E-state index contributed by atoms with van der Waals surface area (Å²) in [5.74, 6) is -1.26. The number of hydrogen-bond acceptors (Lipinski definition) is 6. The Morgan fingerprint density at radius 2 is 1.81 bits per heavy atom.